The topological polar surface area (TPSA) is 95.9 Å². The van der Waals surface area contributed by atoms with Crippen molar-refractivity contribution in [2.24, 2.45) is 0 Å². The zero-order chi connectivity index (χ0) is 50.7. The average Bonchev–Trinajstić information content (AvgIpc) is 3.36. The predicted molar refractivity (Wildman–Crippen MR) is 306 cm³/mol. The first kappa shape index (κ1) is 68.3. The van der Waals surface area contributed by atoms with Gasteiger partial charge in [-0.15, -0.1) is 0 Å². The number of ether oxygens (including phenoxy) is 1. The summed E-state index contributed by atoms with van der Waals surface area (Å²) in [6.07, 6.45) is 73.3. The van der Waals surface area contributed by atoms with Gasteiger partial charge in [-0.1, -0.05) is 282 Å². The second kappa shape index (κ2) is 59.9. The molecule has 0 rings (SSSR count). The van der Waals surface area contributed by atoms with Crippen LogP contribution in [0.5, 0.6) is 0 Å². The summed E-state index contributed by atoms with van der Waals surface area (Å²) >= 11 is 0. The summed E-state index contributed by atoms with van der Waals surface area (Å²) in [4.78, 5) is 24.5. The zero-order valence-electron chi connectivity index (χ0n) is 47.3. The van der Waals surface area contributed by atoms with E-state index in [0.29, 0.717) is 25.9 Å². The van der Waals surface area contributed by atoms with Crippen molar-refractivity contribution in [3.63, 3.8) is 0 Å². The van der Waals surface area contributed by atoms with Gasteiger partial charge < -0.3 is 20.3 Å². The maximum absolute atomic E-state index is 12.5. The number of unbranched alkanes of at least 4 members (excludes halogenated alkanes) is 44. The van der Waals surface area contributed by atoms with Crippen LogP contribution in [0.3, 0.4) is 0 Å². The molecule has 0 bridgehead atoms. The van der Waals surface area contributed by atoms with E-state index in [1.807, 2.05) is 0 Å². The molecule has 0 spiro atoms. The molecule has 414 valence electrons. The maximum Gasteiger partial charge on any atom is 0.305 e. The van der Waals surface area contributed by atoms with Crippen LogP contribution >= 0.6 is 0 Å². The van der Waals surface area contributed by atoms with Gasteiger partial charge in [0.2, 0.25) is 5.91 Å². The van der Waals surface area contributed by atoms with E-state index < -0.39 is 12.1 Å². The van der Waals surface area contributed by atoms with Crippen molar-refractivity contribution in [1.82, 2.24) is 5.32 Å². The van der Waals surface area contributed by atoms with E-state index in [2.05, 4.69) is 43.5 Å². The van der Waals surface area contributed by atoms with Crippen LogP contribution in [0.25, 0.3) is 0 Å². The second-order valence-electron chi connectivity index (χ2n) is 21.7. The fraction of sp³-hybridized carbons (Fsp3) is 0.906. The Bertz CT molecular complexity index is 1090. The van der Waals surface area contributed by atoms with Gasteiger partial charge in [-0.2, -0.15) is 0 Å². The summed E-state index contributed by atoms with van der Waals surface area (Å²) in [5, 5.41) is 23.4. The van der Waals surface area contributed by atoms with E-state index in [1.54, 1.807) is 0 Å². The number of hydrogen-bond donors (Lipinski definition) is 3. The Labute approximate surface area is 437 Å². The molecular formula is C64H123NO5. The van der Waals surface area contributed by atoms with Crippen LogP contribution in [-0.4, -0.2) is 47.4 Å². The molecule has 0 saturated heterocycles. The molecule has 1 amide bonds. The van der Waals surface area contributed by atoms with Gasteiger partial charge in [-0.25, -0.2) is 0 Å². The minimum atomic E-state index is -0.669. The minimum absolute atomic E-state index is 0.000299. The number of esters is 1. The molecule has 0 aliphatic carbocycles. The van der Waals surface area contributed by atoms with Crippen molar-refractivity contribution in [2.75, 3.05) is 13.2 Å². The van der Waals surface area contributed by atoms with Crippen molar-refractivity contribution < 1.29 is 24.5 Å². The molecule has 0 aliphatic rings. The zero-order valence-corrected chi connectivity index (χ0v) is 47.3. The first-order chi connectivity index (χ1) is 34.5. The minimum Gasteiger partial charge on any atom is -0.466 e. The van der Waals surface area contributed by atoms with Gasteiger partial charge in [-0.3, -0.25) is 9.59 Å². The lowest BCUT2D eigenvalue weighted by Crippen LogP contribution is -2.45. The van der Waals surface area contributed by atoms with E-state index in [0.717, 1.165) is 44.9 Å². The number of hydrogen-bond acceptors (Lipinski definition) is 5. The van der Waals surface area contributed by atoms with Crippen LogP contribution in [0.2, 0.25) is 0 Å². The Morgan fingerprint density at radius 3 is 1.04 bits per heavy atom. The van der Waals surface area contributed by atoms with Crippen molar-refractivity contribution in [1.29, 1.82) is 0 Å². The van der Waals surface area contributed by atoms with E-state index in [-0.39, 0.29) is 18.5 Å². The second-order valence-corrected chi connectivity index (χ2v) is 21.7. The third kappa shape index (κ3) is 55.7. The molecular weight excluding hydrogens is 863 g/mol. The molecule has 70 heavy (non-hydrogen) atoms. The smallest absolute Gasteiger partial charge is 0.305 e. The fourth-order valence-corrected chi connectivity index (χ4v) is 9.87. The molecule has 2 atom stereocenters. The van der Waals surface area contributed by atoms with Crippen LogP contribution in [-0.2, 0) is 14.3 Å². The highest BCUT2D eigenvalue weighted by molar-refractivity contribution is 5.76. The van der Waals surface area contributed by atoms with E-state index in [9.17, 15) is 19.8 Å². The molecule has 6 nitrogen and oxygen atoms in total. The summed E-state index contributed by atoms with van der Waals surface area (Å²) < 4.78 is 5.46. The van der Waals surface area contributed by atoms with Crippen molar-refractivity contribution in [2.45, 2.75) is 360 Å². The van der Waals surface area contributed by atoms with Gasteiger partial charge in [0.25, 0.3) is 0 Å². The molecule has 0 aromatic rings. The summed E-state index contributed by atoms with van der Waals surface area (Å²) in [6.45, 7) is 4.94. The molecule has 3 N–H and O–H groups in total. The molecule has 6 heteroatoms. The fourth-order valence-electron chi connectivity index (χ4n) is 9.87. The number of nitrogens with one attached hydrogen (secondary N) is 1. The molecule has 0 aliphatic heterocycles. The highest BCUT2D eigenvalue weighted by atomic mass is 16.5. The van der Waals surface area contributed by atoms with Gasteiger partial charge in [0.05, 0.1) is 25.4 Å². The number of aliphatic hydroxyl groups excluding tert-OH is 2. The first-order valence-electron chi connectivity index (χ1n) is 31.6. The molecule has 2 unspecified atom stereocenters. The van der Waals surface area contributed by atoms with Crippen LogP contribution < -0.4 is 5.32 Å². The largest absolute Gasteiger partial charge is 0.466 e. The molecule has 0 aromatic carbocycles. The normalized spacial score (nSPS) is 12.7. The Kier molecular flexibility index (Phi) is 58.5. The summed E-state index contributed by atoms with van der Waals surface area (Å²) in [5.74, 6) is -0.0387. The van der Waals surface area contributed by atoms with E-state index in [1.165, 1.54) is 270 Å². The average molecular weight is 987 g/mol. The lowest BCUT2D eigenvalue weighted by atomic mass is 10.0. The van der Waals surface area contributed by atoms with Crippen LogP contribution in [0, 0.1) is 0 Å². The molecule has 0 saturated carbocycles. The number of amides is 1. The number of allylic oxidation sites excluding steroid dienone is 4. The maximum atomic E-state index is 12.5. The number of aliphatic hydroxyl groups is 2. The molecule has 0 heterocycles. The highest BCUT2D eigenvalue weighted by Crippen LogP contribution is 2.18. The van der Waals surface area contributed by atoms with Gasteiger partial charge in [0, 0.05) is 12.8 Å². The standard InChI is InChI=1S/C64H123NO5/c1-3-5-7-9-11-13-15-17-18-19-24-27-30-33-36-40-44-48-52-56-62(67)61(60-66)65-63(68)57-53-49-45-41-37-34-31-28-25-22-20-21-23-26-29-32-35-39-43-47-51-55-59-70-64(69)58-54-50-46-42-38-16-14-12-10-8-6-4-2/h12,14,22,25,61-62,66-67H,3-11,13,15-21,23-24,26-60H2,1-2H3,(H,65,68)/b14-12-,25-22-. The van der Waals surface area contributed by atoms with Crippen molar-refractivity contribution in [3.05, 3.63) is 24.3 Å². The quantitative estimate of drug-likeness (QED) is 0.0321. The summed E-state index contributed by atoms with van der Waals surface area (Å²) in [7, 11) is 0. The Morgan fingerprint density at radius 2 is 0.671 bits per heavy atom. The van der Waals surface area contributed by atoms with E-state index >= 15 is 0 Å². The monoisotopic (exact) mass is 986 g/mol. The molecule has 0 radical (unpaired) electrons. The lowest BCUT2D eigenvalue weighted by Gasteiger charge is -2.22. The first-order valence-corrected chi connectivity index (χ1v) is 31.6. The summed E-state index contributed by atoms with van der Waals surface area (Å²) in [5.41, 5.74) is 0. The predicted octanol–water partition coefficient (Wildman–Crippen LogP) is 19.8. The lowest BCUT2D eigenvalue weighted by molar-refractivity contribution is -0.143. The van der Waals surface area contributed by atoms with Gasteiger partial charge in [0.15, 0.2) is 0 Å². The molecule has 0 fully saturated rings. The Balaban J connectivity index is 3.42. The van der Waals surface area contributed by atoms with Crippen molar-refractivity contribution in [3.8, 4) is 0 Å². The Hall–Kier alpha value is -1.66. The summed E-state index contributed by atoms with van der Waals surface area (Å²) in [6, 6.07) is -0.547. The van der Waals surface area contributed by atoms with Gasteiger partial charge in [0.1, 0.15) is 0 Å². The van der Waals surface area contributed by atoms with Crippen LogP contribution in [0.4, 0.5) is 0 Å². The number of rotatable bonds is 59. The van der Waals surface area contributed by atoms with Gasteiger partial charge in [-0.05, 0) is 77.0 Å². The SMILES string of the molecule is CCCCC/C=C\CCCCCCCC(=O)OCCCCCCCCCCCCC/C=C\CCCCCCCCCC(=O)NC(CO)C(O)CCCCCCCCCCCCCCCCCCCCC. The van der Waals surface area contributed by atoms with E-state index in [4.69, 9.17) is 4.74 Å². The van der Waals surface area contributed by atoms with Crippen LogP contribution in [0.1, 0.15) is 348 Å². The van der Waals surface area contributed by atoms with Crippen molar-refractivity contribution >= 4 is 11.9 Å². The number of carbonyl (C=O) groups excluding carboxylic acids is 2. The number of carbonyl (C=O) groups is 2. The van der Waals surface area contributed by atoms with Crippen LogP contribution in [0.15, 0.2) is 24.3 Å². The Morgan fingerprint density at radius 1 is 0.386 bits per heavy atom. The third-order valence-corrected chi connectivity index (χ3v) is 14.7. The highest BCUT2D eigenvalue weighted by Gasteiger charge is 2.20. The van der Waals surface area contributed by atoms with Gasteiger partial charge >= 0.3 is 5.97 Å². The molecule has 0 aromatic heterocycles. The third-order valence-electron chi connectivity index (χ3n) is 14.7.